The Morgan fingerprint density at radius 1 is 0.950 bits per heavy atom. The van der Waals surface area contributed by atoms with Crippen molar-refractivity contribution in [3.8, 4) is 5.75 Å². The van der Waals surface area contributed by atoms with Gasteiger partial charge in [-0.25, -0.2) is 8.42 Å². The molecule has 0 heterocycles. The van der Waals surface area contributed by atoms with Gasteiger partial charge in [0.15, 0.2) is 0 Å². The molecule has 0 unspecified atom stereocenters. The van der Waals surface area contributed by atoms with Crippen molar-refractivity contribution in [1.29, 1.82) is 0 Å². The molecule has 40 heavy (non-hydrogen) atoms. The number of allylic oxidation sites excluding steroid dienone is 1. The van der Waals surface area contributed by atoms with Crippen LogP contribution in [0, 0.1) is 0 Å². The minimum atomic E-state index is -4.95. The number of fused-ring (bicyclic) bond motifs is 2. The van der Waals surface area contributed by atoms with Gasteiger partial charge in [0.2, 0.25) is 5.78 Å². The van der Waals surface area contributed by atoms with Crippen molar-refractivity contribution in [3.63, 3.8) is 0 Å². The van der Waals surface area contributed by atoms with Crippen LogP contribution in [0.15, 0.2) is 75.4 Å². The van der Waals surface area contributed by atoms with Gasteiger partial charge < -0.3 is 5.11 Å². The number of carbonyl (C=O) groups excluding carboxylic acids is 1. The molecule has 215 valence electrons. The van der Waals surface area contributed by atoms with Crippen molar-refractivity contribution < 1.29 is 61.3 Å². The molecule has 0 aromatic heterocycles. The Morgan fingerprint density at radius 2 is 1.60 bits per heavy atom. The molecule has 1 aliphatic carbocycles. The van der Waals surface area contributed by atoms with Crippen LogP contribution in [0.1, 0.15) is 15.9 Å². The second-order valence-electron chi connectivity index (χ2n) is 8.12. The molecular weight excluding hydrogens is 638 g/mol. The van der Waals surface area contributed by atoms with Gasteiger partial charge in [0, 0.05) is 46.0 Å². The molecule has 0 fully saturated rings. The van der Waals surface area contributed by atoms with Crippen LogP contribution in [0.2, 0.25) is 0 Å². The van der Waals surface area contributed by atoms with Crippen molar-refractivity contribution in [3.05, 3.63) is 71.7 Å². The zero-order valence-corrected chi connectivity index (χ0v) is 23.5. The van der Waals surface area contributed by atoms with E-state index in [0.717, 1.165) is 22.5 Å². The van der Waals surface area contributed by atoms with Crippen molar-refractivity contribution in [2.75, 3.05) is 16.8 Å². The van der Waals surface area contributed by atoms with E-state index in [4.69, 9.17) is 0 Å². The molecule has 4 N–H and O–H groups in total. The molecule has 0 atom stereocenters. The quantitative estimate of drug-likeness (QED) is 0.126. The summed E-state index contributed by atoms with van der Waals surface area (Å²) in [5, 5.41) is 15.6. The number of Topliss-reactive ketones (excluding diaryl/α,β-unsaturated/α-hetero) is 1. The van der Waals surface area contributed by atoms with Crippen LogP contribution in [0.3, 0.4) is 0 Å². The number of nitrogens with zero attached hydrogens (tertiary/aromatic N) is 2. The molecule has 1 radical (unpaired) electrons. The number of nitrogens with one attached hydrogen (secondary N) is 1. The molecule has 4 rings (SSSR count). The second kappa shape index (κ2) is 10.8. The molecule has 0 saturated carbocycles. The number of phenolic OH excluding ortho intramolecular Hbond substituents is 1. The van der Waals surface area contributed by atoms with Gasteiger partial charge in [-0.15, -0.1) is 0 Å². The molecule has 1 aliphatic rings. The molecule has 17 heteroatoms. The number of hydrogen-bond donors (Lipinski definition) is 4. The number of aromatic hydroxyl groups is 1. The van der Waals surface area contributed by atoms with Gasteiger partial charge in [-0.1, -0.05) is 30.9 Å². The van der Waals surface area contributed by atoms with Gasteiger partial charge >= 0.3 is 0 Å². The second-order valence-corrected chi connectivity index (χ2v) is 12.8. The summed E-state index contributed by atoms with van der Waals surface area (Å²) in [6.45, 7) is 3.24. The van der Waals surface area contributed by atoms with Crippen molar-refractivity contribution in [2.24, 2.45) is 5.10 Å². The number of carbonyl (C=O) groups is 1. The van der Waals surface area contributed by atoms with E-state index >= 15 is 0 Å². The minimum absolute atomic E-state index is 0. The van der Waals surface area contributed by atoms with Crippen molar-refractivity contribution in [2.45, 2.75) is 9.79 Å². The summed E-state index contributed by atoms with van der Waals surface area (Å²) < 4.78 is 91.9. The molecular formula is C23H19CuN3O10S3. The number of ketones is 1. The summed E-state index contributed by atoms with van der Waals surface area (Å²) in [5.41, 5.74) is 1.19. The predicted molar refractivity (Wildman–Crippen MR) is 144 cm³/mol. The third kappa shape index (κ3) is 5.66. The monoisotopic (exact) mass is 656 g/mol. The van der Waals surface area contributed by atoms with Crippen LogP contribution < -0.4 is 9.73 Å². The fourth-order valence-corrected chi connectivity index (χ4v) is 5.84. The Morgan fingerprint density at radius 3 is 2.20 bits per heavy atom. The molecule has 13 nitrogen and oxygen atoms in total. The number of sulfonamides is 1. The van der Waals surface area contributed by atoms with E-state index in [2.05, 4.69) is 17.1 Å². The molecule has 0 aliphatic heterocycles. The van der Waals surface area contributed by atoms with Gasteiger partial charge in [0.1, 0.15) is 26.9 Å². The van der Waals surface area contributed by atoms with Crippen LogP contribution in [-0.4, -0.2) is 58.0 Å². The molecule has 0 saturated heterocycles. The van der Waals surface area contributed by atoms with E-state index in [9.17, 15) is 44.3 Å². The van der Waals surface area contributed by atoms with E-state index < -0.39 is 57.3 Å². The Labute approximate surface area is 239 Å². The van der Waals surface area contributed by atoms with Crippen molar-refractivity contribution >= 4 is 70.0 Å². The molecule has 0 spiro atoms. The van der Waals surface area contributed by atoms with Crippen LogP contribution in [0.4, 0.5) is 11.4 Å². The summed E-state index contributed by atoms with van der Waals surface area (Å²) >= 11 is 0. The number of hydrazone groups is 1. The fourth-order valence-electron chi connectivity index (χ4n) is 3.83. The number of rotatable bonds is 7. The number of anilines is 2. The third-order valence-electron chi connectivity index (χ3n) is 5.81. The molecule has 0 amide bonds. The standard InChI is InChI=1S/C23H19N3O10S3.Cu/c1-3-37(29,30)26(2)14-8-7-13-11-20(39(34,35)36)21(23(28)17(13)12-14)25-24-18-10-9-15-16(22(18)27)5-4-6-19(15)38(31,32)33;/h3-12,25,28H,1H2,2H3,(H,31,32,33)(H,34,35,36);. The Kier molecular flexibility index (Phi) is 8.34. The maximum absolute atomic E-state index is 12.9. The first-order valence-corrected chi connectivity index (χ1v) is 15.0. The summed E-state index contributed by atoms with van der Waals surface area (Å²) in [4.78, 5) is 11.6. The van der Waals surface area contributed by atoms with Crippen molar-refractivity contribution in [1.82, 2.24) is 0 Å². The average molecular weight is 657 g/mol. The van der Waals surface area contributed by atoms with E-state index in [1.165, 1.54) is 43.5 Å². The van der Waals surface area contributed by atoms with Gasteiger partial charge in [-0.05, 0) is 35.7 Å². The number of benzene rings is 3. The minimum Gasteiger partial charge on any atom is -0.505 e. The van der Waals surface area contributed by atoms with E-state index in [1.807, 2.05) is 0 Å². The maximum Gasteiger partial charge on any atom is 0.296 e. The van der Waals surface area contributed by atoms with Crippen LogP contribution in [-0.2, 0) is 47.3 Å². The fraction of sp³-hybridized carbons (Fsp3) is 0.0435. The maximum atomic E-state index is 12.9. The summed E-state index contributed by atoms with van der Waals surface area (Å²) in [6, 6.07) is 8.54. The average Bonchev–Trinajstić information content (AvgIpc) is 2.87. The summed E-state index contributed by atoms with van der Waals surface area (Å²) in [6.07, 6.45) is 2.30. The predicted octanol–water partition coefficient (Wildman–Crippen LogP) is 2.62. The number of phenols is 1. The van der Waals surface area contributed by atoms with Gasteiger partial charge in [-0.3, -0.25) is 23.6 Å². The topological polar surface area (TPSA) is 208 Å². The molecule has 3 aromatic carbocycles. The molecule has 3 aromatic rings. The Balaban J connectivity index is 0.00000441. The first-order valence-electron chi connectivity index (χ1n) is 10.6. The largest absolute Gasteiger partial charge is 0.505 e. The van der Waals surface area contributed by atoms with Crippen LogP contribution in [0.25, 0.3) is 16.8 Å². The summed E-state index contributed by atoms with van der Waals surface area (Å²) in [5.74, 6) is -1.53. The zero-order valence-electron chi connectivity index (χ0n) is 20.1. The van der Waals surface area contributed by atoms with E-state index in [1.54, 1.807) is 0 Å². The number of hydrogen-bond acceptors (Lipinski definition) is 10. The zero-order chi connectivity index (χ0) is 28.9. The first kappa shape index (κ1) is 31.0. The Hall–Kier alpha value is -3.57. The first-order chi connectivity index (χ1) is 18.1. The van der Waals surface area contributed by atoms with Gasteiger partial charge in [0.25, 0.3) is 30.3 Å². The SMILES string of the molecule is C=CS(=O)(=O)N(C)c1ccc2cc(S(=O)(=O)O)c(NN=C3C=Cc4c(cccc4S(=O)(=O)O)C3=O)c(O)c2c1.[Cu]. The smallest absolute Gasteiger partial charge is 0.296 e. The Bertz CT molecular complexity index is 1970. The van der Waals surface area contributed by atoms with Gasteiger partial charge in [0.05, 0.1) is 5.69 Å². The van der Waals surface area contributed by atoms with E-state index in [-0.39, 0.29) is 50.4 Å². The normalized spacial score (nSPS) is 14.5. The summed E-state index contributed by atoms with van der Waals surface area (Å²) in [7, 11) is -12.3. The third-order valence-corrected chi connectivity index (χ3v) is 9.00. The van der Waals surface area contributed by atoms with E-state index in [0.29, 0.717) is 5.41 Å². The van der Waals surface area contributed by atoms with Crippen LogP contribution >= 0.6 is 0 Å². The molecule has 0 bridgehead atoms. The van der Waals surface area contributed by atoms with Crippen LogP contribution in [0.5, 0.6) is 5.75 Å². The van der Waals surface area contributed by atoms with Gasteiger partial charge in [-0.2, -0.15) is 21.9 Å².